The Hall–Kier alpha value is -1.55. The van der Waals surface area contributed by atoms with E-state index in [1.807, 2.05) is 13.0 Å². The molecule has 0 spiro atoms. The van der Waals surface area contributed by atoms with E-state index in [-0.39, 0.29) is 11.8 Å². The van der Waals surface area contributed by atoms with Gasteiger partial charge in [0.1, 0.15) is 5.75 Å². The summed E-state index contributed by atoms with van der Waals surface area (Å²) < 4.78 is 0. The molecule has 1 amide bonds. The summed E-state index contributed by atoms with van der Waals surface area (Å²) in [5.41, 5.74) is 3.33. The molecule has 1 aromatic rings. The average Bonchev–Trinajstić information content (AvgIpc) is 3.29. The number of piperidine rings is 1. The number of nitrogens with one attached hydrogen (secondary N) is 1. The van der Waals surface area contributed by atoms with Gasteiger partial charge in [-0.1, -0.05) is 6.07 Å². The molecule has 0 radical (unpaired) electrons. The number of nitrogens with zero attached hydrogens (tertiary/aromatic N) is 1. The fourth-order valence-electron chi connectivity index (χ4n) is 3.13. The lowest BCUT2D eigenvalue weighted by atomic mass is 9.95. The van der Waals surface area contributed by atoms with E-state index in [0.29, 0.717) is 11.8 Å². The van der Waals surface area contributed by atoms with Gasteiger partial charge in [0.25, 0.3) is 0 Å². The smallest absolute Gasteiger partial charge is 0.223 e. The Morgan fingerprint density at radius 2 is 1.82 bits per heavy atom. The monoisotopic (exact) mass is 302 g/mol. The number of aromatic hydroxyl groups is 1. The second-order valence-corrected chi connectivity index (χ2v) is 6.90. The van der Waals surface area contributed by atoms with Crippen LogP contribution in [0.5, 0.6) is 5.75 Å². The lowest BCUT2D eigenvalue weighted by Gasteiger charge is -2.31. The second kappa shape index (κ2) is 6.29. The summed E-state index contributed by atoms with van der Waals surface area (Å²) in [6, 6.07) is 4.38. The number of amides is 1. The number of carbonyl (C=O) groups excluding carboxylic acids is 1. The molecule has 4 heteroatoms. The summed E-state index contributed by atoms with van der Waals surface area (Å²) >= 11 is 0. The fraction of sp³-hybridized carbons (Fsp3) is 0.611. The largest absolute Gasteiger partial charge is 0.508 e. The van der Waals surface area contributed by atoms with E-state index in [2.05, 4.69) is 23.2 Å². The molecule has 2 N–H and O–H groups in total. The molecular formula is C18H26N2O2. The normalized spacial score (nSPS) is 20.1. The van der Waals surface area contributed by atoms with Gasteiger partial charge >= 0.3 is 0 Å². The number of carbonyl (C=O) groups is 1. The van der Waals surface area contributed by atoms with Crippen molar-refractivity contribution in [3.8, 4) is 5.75 Å². The van der Waals surface area contributed by atoms with E-state index in [4.69, 9.17) is 0 Å². The highest BCUT2D eigenvalue weighted by Gasteiger charge is 2.30. The third-order valence-electron chi connectivity index (χ3n) is 4.97. The molecule has 1 saturated carbocycles. The number of likely N-dealkylation sites (tertiary alicyclic amines) is 1. The zero-order valence-electron chi connectivity index (χ0n) is 13.6. The van der Waals surface area contributed by atoms with Gasteiger partial charge < -0.3 is 10.4 Å². The minimum absolute atomic E-state index is 0.171. The van der Waals surface area contributed by atoms with Crippen molar-refractivity contribution in [1.82, 2.24) is 10.2 Å². The van der Waals surface area contributed by atoms with Gasteiger partial charge in [-0.15, -0.1) is 0 Å². The van der Waals surface area contributed by atoms with E-state index in [1.165, 1.54) is 5.56 Å². The lowest BCUT2D eigenvalue weighted by Crippen LogP contribution is -2.40. The average molecular weight is 302 g/mol. The molecular weight excluding hydrogens is 276 g/mol. The van der Waals surface area contributed by atoms with Crippen LogP contribution in [0.2, 0.25) is 0 Å². The predicted octanol–water partition coefficient (Wildman–Crippen LogP) is 2.50. The highest BCUT2D eigenvalue weighted by molar-refractivity contribution is 5.79. The first-order valence-electron chi connectivity index (χ1n) is 8.35. The van der Waals surface area contributed by atoms with Crippen LogP contribution in [0.4, 0.5) is 0 Å². The van der Waals surface area contributed by atoms with E-state index in [0.717, 1.165) is 56.4 Å². The fourth-order valence-corrected chi connectivity index (χ4v) is 3.13. The number of hydrogen-bond acceptors (Lipinski definition) is 3. The lowest BCUT2D eigenvalue weighted by molar-refractivity contribution is -0.126. The van der Waals surface area contributed by atoms with Crippen molar-refractivity contribution in [3.63, 3.8) is 0 Å². The number of phenolic OH excluding ortho intramolecular Hbond substituents is 1. The first-order chi connectivity index (χ1) is 10.5. The molecule has 1 aliphatic heterocycles. The van der Waals surface area contributed by atoms with Crippen LogP contribution in [0.25, 0.3) is 0 Å². The summed E-state index contributed by atoms with van der Waals surface area (Å²) in [4.78, 5) is 14.4. The highest BCUT2D eigenvalue weighted by Crippen LogP contribution is 2.26. The number of rotatable bonds is 4. The molecule has 2 aliphatic rings. The van der Waals surface area contributed by atoms with Gasteiger partial charge in [-0.25, -0.2) is 0 Å². The van der Waals surface area contributed by atoms with Gasteiger partial charge in [0.15, 0.2) is 0 Å². The summed E-state index contributed by atoms with van der Waals surface area (Å²) in [5, 5.41) is 13.2. The number of hydrogen-bond donors (Lipinski definition) is 2. The number of aryl methyl sites for hydroxylation is 2. The molecule has 2 fully saturated rings. The topological polar surface area (TPSA) is 52.6 Å². The molecule has 4 nitrogen and oxygen atoms in total. The third kappa shape index (κ3) is 3.61. The third-order valence-corrected chi connectivity index (χ3v) is 4.97. The van der Waals surface area contributed by atoms with Crippen LogP contribution in [0.3, 0.4) is 0 Å². The Balaban J connectivity index is 1.53. The van der Waals surface area contributed by atoms with Crippen molar-refractivity contribution < 1.29 is 9.90 Å². The Morgan fingerprint density at radius 3 is 2.45 bits per heavy atom. The van der Waals surface area contributed by atoms with Gasteiger partial charge in [0, 0.05) is 24.1 Å². The van der Waals surface area contributed by atoms with Gasteiger partial charge in [0.05, 0.1) is 0 Å². The van der Waals surface area contributed by atoms with Crippen LogP contribution in [0.15, 0.2) is 12.1 Å². The number of benzene rings is 1. The Kier molecular flexibility index (Phi) is 4.39. The van der Waals surface area contributed by atoms with Crippen molar-refractivity contribution in [2.75, 3.05) is 13.1 Å². The molecule has 1 aliphatic carbocycles. The van der Waals surface area contributed by atoms with Crippen LogP contribution >= 0.6 is 0 Å². The molecule has 22 heavy (non-hydrogen) atoms. The Morgan fingerprint density at radius 1 is 1.18 bits per heavy atom. The molecule has 1 saturated heterocycles. The van der Waals surface area contributed by atoms with Gasteiger partial charge in [-0.2, -0.15) is 0 Å². The van der Waals surface area contributed by atoms with Crippen molar-refractivity contribution in [2.24, 2.45) is 5.92 Å². The molecule has 1 aromatic carbocycles. The van der Waals surface area contributed by atoms with Crippen molar-refractivity contribution >= 4 is 5.91 Å². The Bertz CT molecular complexity index is 558. The molecule has 3 rings (SSSR count). The Labute approximate surface area is 132 Å². The van der Waals surface area contributed by atoms with Crippen molar-refractivity contribution in [2.45, 2.75) is 52.1 Å². The van der Waals surface area contributed by atoms with Crippen LogP contribution in [-0.2, 0) is 11.3 Å². The maximum atomic E-state index is 12.1. The zero-order valence-corrected chi connectivity index (χ0v) is 13.6. The standard InChI is InChI=1S/C18H26N2O2/c1-12-9-15(17(21)10-13(12)2)11-20-7-5-14(6-8-20)18(22)19-16-3-4-16/h9-10,14,16,21H,3-8,11H2,1-2H3,(H,19,22). The first-order valence-corrected chi connectivity index (χ1v) is 8.35. The van der Waals surface area contributed by atoms with E-state index in [1.54, 1.807) is 0 Å². The van der Waals surface area contributed by atoms with E-state index in [9.17, 15) is 9.90 Å². The van der Waals surface area contributed by atoms with Crippen LogP contribution in [-0.4, -0.2) is 35.0 Å². The van der Waals surface area contributed by atoms with Crippen LogP contribution < -0.4 is 5.32 Å². The van der Waals surface area contributed by atoms with Crippen LogP contribution in [0.1, 0.15) is 42.4 Å². The predicted molar refractivity (Wildman–Crippen MR) is 86.7 cm³/mol. The van der Waals surface area contributed by atoms with E-state index < -0.39 is 0 Å². The minimum Gasteiger partial charge on any atom is -0.508 e. The molecule has 0 atom stereocenters. The van der Waals surface area contributed by atoms with Crippen molar-refractivity contribution in [3.05, 3.63) is 28.8 Å². The summed E-state index contributed by atoms with van der Waals surface area (Å²) in [5.74, 6) is 0.804. The molecule has 0 aromatic heterocycles. The van der Waals surface area contributed by atoms with Crippen molar-refractivity contribution in [1.29, 1.82) is 0 Å². The minimum atomic E-state index is 0.171. The van der Waals surface area contributed by atoms with Gasteiger partial charge in [-0.3, -0.25) is 9.69 Å². The molecule has 1 heterocycles. The maximum Gasteiger partial charge on any atom is 0.223 e. The quantitative estimate of drug-likeness (QED) is 0.898. The molecule has 0 bridgehead atoms. The van der Waals surface area contributed by atoms with Crippen LogP contribution in [0, 0.1) is 19.8 Å². The summed E-state index contributed by atoms with van der Waals surface area (Å²) in [7, 11) is 0. The molecule has 120 valence electrons. The molecule has 0 unspecified atom stereocenters. The summed E-state index contributed by atoms with van der Waals surface area (Å²) in [6.45, 7) is 6.71. The highest BCUT2D eigenvalue weighted by atomic mass is 16.3. The zero-order chi connectivity index (χ0) is 15.7. The first kappa shape index (κ1) is 15.3. The van der Waals surface area contributed by atoms with Gasteiger partial charge in [0.2, 0.25) is 5.91 Å². The van der Waals surface area contributed by atoms with Gasteiger partial charge in [-0.05, 0) is 69.8 Å². The van der Waals surface area contributed by atoms with E-state index >= 15 is 0 Å². The summed E-state index contributed by atoms with van der Waals surface area (Å²) in [6.07, 6.45) is 4.14. The number of phenols is 1. The SMILES string of the molecule is Cc1cc(O)c(CN2CCC(C(=O)NC3CC3)CC2)cc1C. The maximum absolute atomic E-state index is 12.1. The second-order valence-electron chi connectivity index (χ2n) is 6.90.